The molecule has 0 aliphatic carbocycles. The monoisotopic (exact) mass is 258 g/mol. The van der Waals surface area contributed by atoms with Crippen molar-refractivity contribution in [1.82, 2.24) is 4.98 Å². The molecule has 2 rings (SSSR count). The average Bonchev–Trinajstić information content (AvgIpc) is 2.33. The summed E-state index contributed by atoms with van der Waals surface area (Å²) in [7, 11) is 0. The molecule has 0 fully saturated rings. The minimum atomic E-state index is -0.00911. The predicted octanol–water partition coefficient (Wildman–Crippen LogP) is 3.87. The standard InChI is InChI=1S/C15H18N2S/c1-10-4-7-15(11(2)8-10)18-13-5-6-14(12(3)16)17-9-13/h4-9,12H,16H2,1-3H3. The summed E-state index contributed by atoms with van der Waals surface area (Å²) in [5, 5.41) is 0. The summed E-state index contributed by atoms with van der Waals surface area (Å²) in [6.45, 7) is 6.19. The molecule has 1 aromatic carbocycles. The molecule has 0 radical (unpaired) electrons. The van der Waals surface area contributed by atoms with E-state index in [1.54, 1.807) is 11.8 Å². The van der Waals surface area contributed by atoms with Gasteiger partial charge in [0.15, 0.2) is 0 Å². The fourth-order valence-electron chi connectivity index (χ4n) is 1.76. The van der Waals surface area contributed by atoms with E-state index in [4.69, 9.17) is 5.73 Å². The highest BCUT2D eigenvalue weighted by Crippen LogP contribution is 2.30. The van der Waals surface area contributed by atoms with Crippen LogP contribution in [-0.4, -0.2) is 4.98 Å². The van der Waals surface area contributed by atoms with Crippen LogP contribution in [0.25, 0.3) is 0 Å². The molecule has 0 saturated heterocycles. The lowest BCUT2D eigenvalue weighted by Crippen LogP contribution is -2.06. The van der Waals surface area contributed by atoms with Crippen molar-refractivity contribution in [3.05, 3.63) is 53.3 Å². The first-order valence-corrected chi connectivity index (χ1v) is 6.84. The van der Waals surface area contributed by atoms with Gasteiger partial charge in [-0.1, -0.05) is 29.5 Å². The summed E-state index contributed by atoms with van der Waals surface area (Å²) in [5.74, 6) is 0. The second kappa shape index (κ2) is 5.55. The van der Waals surface area contributed by atoms with Crippen LogP contribution in [0.4, 0.5) is 0 Å². The van der Waals surface area contributed by atoms with E-state index in [-0.39, 0.29) is 6.04 Å². The predicted molar refractivity (Wildman–Crippen MR) is 76.9 cm³/mol. The maximum absolute atomic E-state index is 5.79. The van der Waals surface area contributed by atoms with Crippen LogP contribution < -0.4 is 5.73 Å². The molecule has 2 aromatic rings. The number of nitrogens with zero attached hydrogens (tertiary/aromatic N) is 1. The Morgan fingerprint density at radius 1 is 1.17 bits per heavy atom. The molecule has 1 aromatic heterocycles. The van der Waals surface area contributed by atoms with E-state index in [0.29, 0.717) is 0 Å². The van der Waals surface area contributed by atoms with E-state index >= 15 is 0 Å². The number of hydrogen-bond acceptors (Lipinski definition) is 3. The second-order valence-corrected chi connectivity index (χ2v) is 5.69. The normalized spacial score (nSPS) is 12.4. The molecule has 1 heterocycles. The lowest BCUT2D eigenvalue weighted by atomic mass is 10.2. The van der Waals surface area contributed by atoms with Crippen LogP contribution in [0.2, 0.25) is 0 Å². The van der Waals surface area contributed by atoms with Crippen molar-refractivity contribution < 1.29 is 0 Å². The maximum atomic E-state index is 5.79. The van der Waals surface area contributed by atoms with Crippen LogP contribution in [0.15, 0.2) is 46.3 Å². The summed E-state index contributed by atoms with van der Waals surface area (Å²) < 4.78 is 0. The van der Waals surface area contributed by atoms with Gasteiger partial charge in [-0.25, -0.2) is 0 Å². The summed E-state index contributed by atoms with van der Waals surface area (Å²) in [6, 6.07) is 10.6. The van der Waals surface area contributed by atoms with Crippen LogP contribution in [0.1, 0.15) is 29.8 Å². The first-order chi connectivity index (χ1) is 8.56. The van der Waals surface area contributed by atoms with Gasteiger partial charge in [-0.3, -0.25) is 4.98 Å². The number of nitrogens with two attached hydrogens (primary N) is 1. The molecule has 0 saturated carbocycles. The number of aryl methyl sites for hydroxylation is 2. The van der Waals surface area contributed by atoms with Gasteiger partial charge in [0.2, 0.25) is 0 Å². The van der Waals surface area contributed by atoms with E-state index in [1.807, 2.05) is 19.2 Å². The molecule has 0 aliphatic heterocycles. The van der Waals surface area contributed by atoms with Gasteiger partial charge in [0, 0.05) is 22.0 Å². The minimum absolute atomic E-state index is 0.00911. The molecule has 94 valence electrons. The third-order valence-electron chi connectivity index (χ3n) is 2.78. The summed E-state index contributed by atoms with van der Waals surface area (Å²) in [6.07, 6.45) is 1.89. The van der Waals surface area contributed by atoms with Crippen LogP contribution >= 0.6 is 11.8 Å². The molecule has 2 nitrogen and oxygen atoms in total. The first-order valence-electron chi connectivity index (χ1n) is 6.03. The van der Waals surface area contributed by atoms with E-state index in [9.17, 15) is 0 Å². The van der Waals surface area contributed by atoms with Gasteiger partial charge in [0.1, 0.15) is 0 Å². The molecular formula is C15H18N2S. The highest BCUT2D eigenvalue weighted by Gasteiger charge is 2.04. The second-order valence-electron chi connectivity index (χ2n) is 4.58. The van der Waals surface area contributed by atoms with Crippen molar-refractivity contribution >= 4 is 11.8 Å². The maximum Gasteiger partial charge on any atom is 0.0569 e. The zero-order valence-electron chi connectivity index (χ0n) is 11.0. The van der Waals surface area contributed by atoms with E-state index in [1.165, 1.54) is 16.0 Å². The lowest BCUT2D eigenvalue weighted by Gasteiger charge is -2.08. The summed E-state index contributed by atoms with van der Waals surface area (Å²) >= 11 is 1.74. The Balaban J connectivity index is 2.18. The number of aromatic nitrogens is 1. The van der Waals surface area contributed by atoms with Gasteiger partial charge in [-0.2, -0.15) is 0 Å². The number of rotatable bonds is 3. The Labute approximate surface area is 113 Å². The molecule has 18 heavy (non-hydrogen) atoms. The zero-order chi connectivity index (χ0) is 13.1. The fourth-order valence-corrected chi connectivity index (χ4v) is 2.61. The van der Waals surface area contributed by atoms with Crippen molar-refractivity contribution in [3.63, 3.8) is 0 Å². The van der Waals surface area contributed by atoms with E-state index < -0.39 is 0 Å². The van der Waals surface area contributed by atoms with Crippen LogP contribution in [-0.2, 0) is 0 Å². The van der Waals surface area contributed by atoms with Crippen LogP contribution in [0.3, 0.4) is 0 Å². The van der Waals surface area contributed by atoms with Crippen molar-refractivity contribution in [2.24, 2.45) is 5.73 Å². The van der Waals surface area contributed by atoms with Gasteiger partial charge in [-0.05, 0) is 44.5 Å². The highest BCUT2D eigenvalue weighted by molar-refractivity contribution is 7.99. The molecule has 0 spiro atoms. The van der Waals surface area contributed by atoms with E-state index in [2.05, 4.69) is 43.1 Å². The van der Waals surface area contributed by atoms with Crippen molar-refractivity contribution in [1.29, 1.82) is 0 Å². The summed E-state index contributed by atoms with van der Waals surface area (Å²) in [5.41, 5.74) is 9.31. The number of benzene rings is 1. The van der Waals surface area contributed by atoms with Crippen molar-refractivity contribution in [2.45, 2.75) is 36.6 Å². The third-order valence-corrected chi connectivity index (χ3v) is 3.94. The molecular weight excluding hydrogens is 240 g/mol. The molecule has 0 bridgehead atoms. The molecule has 0 amide bonds. The van der Waals surface area contributed by atoms with Crippen molar-refractivity contribution in [3.8, 4) is 0 Å². The third kappa shape index (κ3) is 3.12. The van der Waals surface area contributed by atoms with Crippen LogP contribution in [0.5, 0.6) is 0 Å². The highest BCUT2D eigenvalue weighted by atomic mass is 32.2. The van der Waals surface area contributed by atoms with E-state index in [0.717, 1.165) is 10.6 Å². The molecule has 2 N–H and O–H groups in total. The number of pyridine rings is 1. The molecule has 0 aliphatic rings. The average molecular weight is 258 g/mol. The largest absolute Gasteiger partial charge is 0.323 e. The Hall–Kier alpha value is -1.32. The Morgan fingerprint density at radius 3 is 2.50 bits per heavy atom. The Bertz CT molecular complexity index is 533. The van der Waals surface area contributed by atoms with Gasteiger partial charge in [0.05, 0.1) is 5.69 Å². The Morgan fingerprint density at radius 2 is 1.94 bits per heavy atom. The quantitative estimate of drug-likeness (QED) is 0.908. The van der Waals surface area contributed by atoms with Gasteiger partial charge >= 0.3 is 0 Å². The van der Waals surface area contributed by atoms with Crippen LogP contribution in [0, 0.1) is 13.8 Å². The molecule has 3 heteroatoms. The van der Waals surface area contributed by atoms with Crippen molar-refractivity contribution in [2.75, 3.05) is 0 Å². The lowest BCUT2D eigenvalue weighted by molar-refractivity contribution is 0.777. The topological polar surface area (TPSA) is 38.9 Å². The zero-order valence-corrected chi connectivity index (χ0v) is 11.8. The smallest absolute Gasteiger partial charge is 0.0569 e. The van der Waals surface area contributed by atoms with Gasteiger partial charge < -0.3 is 5.73 Å². The SMILES string of the molecule is Cc1ccc(Sc2ccc(C(C)N)nc2)c(C)c1. The Kier molecular flexibility index (Phi) is 4.04. The molecule has 1 atom stereocenters. The van der Waals surface area contributed by atoms with Gasteiger partial charge in [-0.15, -0.1) is 0 Å². The minimum Gasteiger partial charge on any atom is -0.323 e. The molecule has 1 unspecified atom stereocenters. The van der Waals surface area contributed by atoms with Gasteiger partial charge in [0.25, 0.3) is 0 Å². The fraction of sp³-hybridized carbons (Fsp3) is 0.267. The summed E-state index contributed by atoms with van der Waals surface area (Å²) in [4.78, 5) is 6.79. The number of hydrogen-bond donors (Lipinski definition) is 1. The first kappa shape index (κ1) is 13.1.